The van der Waals surface area contributed by atoms with Crippen molar-refractivity contribution in [3.8, 4) is 0 Å². The minimum Gasteiger partial charge on any atom is -0.324 e. The summed E-state index contributed by atoms with van der Waals surface area (Å²) in [5, 5.41) is 0. The maximum Gasteiger partial charge on any atom is 0.166 e. The molecule has 0 radical (unpaired) electrons. The van der Waals surface area contributed by atoms with Crippen LogP contribution in [0.5, 0.6) is 0 Å². The van der Waals surface area contributed by atoms with E-state index in [0.29, 0.717) is 0 Å². The van der Waals surface area contributed by atoms with Crippen molar-refractivity contribution in [3.05, 3.63) is 35.1 Å². The molecular weight excluding hydrogens is 251 g/mol. The van der Waals surface area contributed by atoms with Crippen LogP contribution < -0.4 is 5.73 Å². The second kappa shape index (κ2) is 5.74. The third-order valence-corrected chi connectivity index (χ3v) is 3.32. The first-order valence-electron chi connectivity index (χ1n) is 5.50. The van der Waals surface area contributed by atoms with Crippen LogP contribution in [0.1, 0.15) is 37.3 Å². The molecular formula is C12H15ClF3N. The van der Waals surface area contributed by atoms with Crippen LogP contribution in [0, 0.1) is 23.4 Å². The van der Waals surface area contributed by atoms with E-state index in [9.17, 15) is 13.2 Å². The molecule has 1 atom stereocenters. The van der Waals surface area contributed by atoms with Gasteiger partial charge in [0.25, 0.3) is 0 Å². The third kappa shape index (κ3) is 2.75. The predicted molar refractivity (Wildman–Crippen MR) is 62.5 cm³/mol. The first-order chi connectivity index (χ1) is 7.61. The maximum absolute atomic E-state index is 13.5. The van der Waals surface area contributed by atoms with Crippen LogP contribution in [0.2, 0.25) is 0 Å². The fourth-order valence-electron chi connectivity index (χ4n) is 2.40. The summed E-state index contributed by atoms with van der Waals surface area (Å²) in [6.45, 7) is 0. The summed E-state index contributed by atoms with van der Waals surface area (Å²) in [7, 11) is 0. The van der Waals surface area contributed by atoms with Crippen LogP contribution in [0.3, 0.4) is 0 Å². The summed E-state index contributed by atoms with van der Waals surface area (Å²) in [5.74, 6) is -2.87. The van der Waals surface area contributed by atoms with Gasteiger partial charge in [-0.05, 0) is 30.9 Å². The van der Waals surface area contributed by atoms with Crippen LogP contribution in [0.4, 0.5) is 13.2 Å². The molecule has 1 aromatic rings. The third-order valence-electron chi connectivity index (χ3n) is 3.32. The fraction of sp³-hybridized carbons (Fsp3) is 0.500. The van der Waals surface area contributed by atoms with Gasteiger partial charge in [-0.3, -0.25) is 0 Å². The molecule has 0 aliphatic heterocycles. The molecule has 1 saturated carbocycles. The molecule has 0 heterocycles. The molecule has 1 aromatic carbocycles. The van der Waals surface area contributed by atoms with Crippen molar-refractivity contribution in [2.24, 2.45) is 11.7 Å². The minimum atomic E-state index is -1.14. The van der Waals surface area contributed by atoms with E-state index in [1.807, 2.05) is 0 Å². The highest BCUT2D eigenvalue weighted by Gasteiger charge is 2.28. The molecule has 2 N–H and O–H groups in total. The molecule has 1 nitrogen and oxygen atoms in total. The molecule has 1 aliphatic rings. The van der Waals surface area contributed by atoms with Crippen molar-refractivity contribution >= 4 is 12.4 Å². The molecule has 0 bridgehead atoms. The topological polar surface area (TPSA) is 26.0 Å². The lowest BCUT2D eigenvalue weighted by Gasteiger charge is -2.20. The van der Waals surface area contributed by atoms with Gasteiger partial charge in [-0.15, -0.1) is 12.4 Å². The average Bonchev–Trinajstić information content (AvgIpc) is 2.77. The van der Waals surface area contributed by atoms with Gasteiger partial charge in [0.15, 0.2) is 11.6 Å². The van der Waals surface area contributed by atoms with E-state index in [4.69, 9.17) is 5.73 Å². The minimum absolute atomic E-state index is 0. The van der Waals surface area contributed by atoms with Gasteiger partial charge >= 0.3 is 0 Å². The van der Waals surface area contributed by atoms with Crippen molar-refractivity contribution in [3.63, 3.8) is 0 Å². The normalized spacial score (nSPS) is 17.9. The lowest BCUT2D eigenvalue weighted by molar-refractivity contribution is 0.396. The van der Waals surface area contributed by atoms with Gasteiger partial charge in [0.1, 0.15) is 5.82 Å². The van der Waals surface area contributed by atoms with Gasteiger partial charge in [0, 0.05) is 11.6 Å². The summed E-state index contributed by atoms with van der Waals surface area (Å²) in [4.78, 5) is 0. The van der Waals surface area contributed by atoms with Crippen molar-refractivity contribution in [1.82, 2.24) is 0 Å². The van der Waals surface area contributed by atoms with Crippen molar-refractivity contribution in [1.29, 1.82) is 0 Å². The molecule has 0 amide bonds. The highest BCUT2D eigenvalue weighted by Crippen LogP contribution is 2.36. The van der Waals surface area contributed by atoms with Gasteiger partial charge in [0.2, 0.25) is 0 Å². The van der Waals surface area contributed by atoms with Crippen LogP contribution in [-0.2, 0) is 0 Å². The van der Waals surface area contributed by atoms with Crippen molar-refractivity contribution in [2.75, 3.05) is 0 Å². The molecule has 0 saturated heterocycles. The van der Waals surface area contributed by atoms with Gasteiger partial charge in [0.05, 0.1) is 0 Å². The number of hydrogen-bond acceptors (Lipinski definition) is 1. The summed E-state index contributed by atoms with van der Waals surface area (Å²) >= 11 is 0. The van der Waals surface area contributed by atoms with E-state index in [-0.39, 0.29) is 23.9 Å². The van der Waals surface area contributed by atoms with Gasteiger partial charge in [-0.2, -0.15) is 0 Å². The van der Waals surface area contributed by atoms with Crippen molar-refractivity contribution < 1.29 is 13.2 Å². The Kier molecular flexibility index (Phi) is 4.83. The summed E-state index contributed by atoms with van der Waals surface area (Å²) in [6, 6.07) is 0.983. The number of benzene rings is 1. The first kappa shape index (κ1) is 14.3. The van der Waals surface area contributed by atoms with E-state index in [2.05, 4.69) is 0 Å². The Bertz CT molecular complexity index is 392. The van der Waals surface area contributed by atoms with Crippen LogP contribution in [-0.4, -0.2) is 0 Å². The Labute approximate surface area is 105 Å². The standard InChI is InChI=1S/C12H14F3N.ClH/c13-8-5-6-9(14)11(15)10(8)12(16)7-3-1-2-4-7;/h5-7,12H,1-4,16H2;1H/t12-;/m0./s1. The number of rotatable bonds is 2. The molecule has 0 aromatic heterocycles. The molecule has 1 fully saturated rings. The zero-order valence-electron chi connectivity index (χ0n) is 9.26. The smallest absolute Gasteiger partial charge is 0.166 e. The van der Waals surface area contributed by atoms with E-state index >= 15 is 0 Å². The lowest BCUT2D eigenvalue weighted by Crippen LogP contribution is -2.22. The predicted octanol–water partition coefficient (Wildman–Crippen LogP) is 3.72. The summed E-state index contributed by atoms with van der Waals surface area (Å²) in [5.41, 5.74) is 5.52. The van der Waals surface area contributed by atoms with E-state index in [0.717, 1.165) is 37.8 Å². The Morgan fingerprint density at radius 2 is 1.59 bits per heavy atom. The molecule has 1 aliphatic carbocycles. The number of halogens is 4. The first-order valence-corrected chi connectivity index (χ1v) is 5.50. The molecule has 17 heavy (non-hydrogen) atoms. The lowest BCUT2D eigenvalue weighted by atomic mass is 9.91. The van der Waals surface area contributed by atoms with Gasteiger partial charge in [-0.25, -0.2) is 13.2 Å². The molecule has 0 spiro atoms. The molecule has 5 heteroatoms. The van der Waals surface area contributed by atoms with Crippen LogP contribution in [0.25, 0.3) is 0 Å². The summed E-state index contributed by atoms with van der Waals surface area (Å²) < 4.78 is 39.9. The second-order valence-corrected chi connectivity index (χ2v) is 4.33. The maximum atomic E-state index is 13.5. The number of nitrogens with two attached hydrogens (primary N) is 1. The van der Waals surface area contributed by atoms with Crippen LogP contribution >= 0.6 is 12.4 Å². The zero-order chi connectivity index (χ0) is 11.7. The fourth-order valence-corrected chi connectivity index (χ4v) is 2.40. The van der Waals surface area contributed by atoms with Gasteiger partial charge < -0.3 is 5.73 Å². The van der Waals surface area contributed by atoms with E-state index < -0.39 is 23.5 Å². The molecule has 2 rings (SSSR count). The average molecular weight is 266 g/mol. The Morgan fingerprint density at radius 3 is 2.18 bits per heavy atom. The van der Waals surface area contributed by atoms with Crippen LogP contribution in [0.15, 0.2) is 12.1 Å². The highest BCUT2D eigenvalue weighted by atomic mass is 35.5. The van der Waals surface area contributed by atoms with Gasteiger partial charge in [-0.1, -0.05) is 12.8 Å². The highest BCUT2D eigenvalue weighted by molar-refractivity contribution is 5.85. The Hall–Kier alpha value is -0.740. The molecule has 0 unspecified atom stereocenters. The summed E-state index contributed by atoms with van der Waals surface area (Å²) in [6.07, 6.45) is 3.76. The molecule has 96 valence electrons. The number of hydrogen-bond donors (Lipinski definition) is 1. The Morgan fingerprint density at radius 1 is 1.06 bits per heavy atom. The second-order valence-electron chi connectivity index (χ2n) is 4.33. The largest absolute Gasteiger partial charge is 0.324 e. The SMILES string of the molecule is Cl.N[C@H](c1c(F)ccc(F)c1F)C1CCCC1. The Balaban J connectivity index is 0.00000144. The quantitative estimate of drug-likeness (QED) is 0.811. The van der Waals surface area contributed by atoms with E-state index in [1.165, 1.54) is 0 Å². The van der Waals surface area contributed by atoms with E-state index in [1.54, 1.807) is 0 Å². The monoisotopic (exact) mass is 265 g/mol. The zero-order valence-corrected chi connectivity index (χ0v) is 10.1. The van der Waals surface area contributed by atoms with Crippen molar-refractivity contribution in [2.45, 2.75) is 31.7 Å².